The van der Waals surface area contributed by atoms with E-state index >= 15 is 0 Å². The summed E-state index contributed by atoms with van der Waals surface area (Å²) in [6.07, 6.45) is -0.971. The fraction of sp³-hybridized carbons (Fsp3) is 0.222. The third-order valence-electron chi connectivity index (χ3n) is 3.25. The molecule has 1 atom stereocenters. The van der Waals surface area contributed by atoms with Gasteiger partial charge in [0, 0.05) is 15.7 Å². The second-order valence-corrected chi connectivity index (χ2v) is 6.20. The van der Waals surface area contributed by atoms with Gasteiger partial charge in [0.05, 0.1) is 0 Å². The van der Waals surface area contributed by atoms with Crippen molar-refractivity contribution in [2.24, 2.45) is 0 Å². The summed E-state index contributed by atoms with van der Waals surface area (Å²) in [5.41, 5.74) is 1.32. The number of benzene rings is 2. The molecule has 25 heavy (non-hydrogen) atoms. The molecule has 2 aromatic rings. The minimum atomic E-state index is -0.971. The highest BCUT2D eigenvalue weighted by Crippen LogP contribution is 2.21. The van der Waals surface area contributed by atoms with Crippen LogP contribution in [-0.4, -0.2) is 24.6 Å². The molecule has 0 saturated carbocycles. The zero-order valence-corrected chi connectivity index (χ0v) is 15.2. The molecule has 2 aromatic carbocycles. The van der Waals surface area contributed by atoms with Gasteiger partial charge in [0.1, 0.15) is 5.75 Å². The highest BCUT2D eigenvalue weighted by molar-refractivity contribution is 6.31. The van der Waals surface area contributed by atoms with E-state index in [1.165, 1.54) is 6.92 Å². The second-order valence-electron chi connectivity index (χ2n) is 5.33. The van der Waals surface area contributed by atoms with Gasteiger partial charge in [-0.15, -0.1) is 0 Å². The average molecular weight is 382 g/mol. The molecule has 5 nitrogen and oxygen atoms in total. The Morgan fingerprint density at radius 3 is 2.52 bits per heavy atom. The number of amides is 1. The van der Waals surface area contributed by atoms with Crippen molar-refractivity contribution in [2.45, 2.75) is 20.0 Å². The molecule has 0 aromatic heterocycles. The minimum Gasteiger partial charge on any atom is -0.482 e. The summed E-state index contributed by atoms with van der Waals surface area (Å²) in [6, 6.07) is 11.7. The van der Waals surface area contributed by atoms with E-state index in [0.29, 0.717) is 21.5 Å². The molecule has 0 bridgehead atoms. The van der Waals surface area contributed by atoms with Gasteiger partial charge in [-0.25, -0.2) is 4.79 Å². The Kier molecular flexibility index (Phi) is 6.67. The molecule has 0 unspecified atom stereocenters. The molecule has 0 aliphatic heterocycles. The summed E-state index contributed by atoms with van der Waals surface area (Å²) in [7, 11) is 0. The van der Waals surface area contributed by atoms with E-state index in [-0.39, 0.29) is 6.61 Å². The monoisotopic (exact) mass is 381 g/mol. The van der Waals surface area contributed by atoms with E-state index in [4.69, 9.17) is 32.7 Å². The van der Waals surface area contributed by atoms with Crippen molar-refractivity contribution in [1.29, 1.82) is 0 Å². The first kappa shape index (κ1) is 19.1. The van der Waals surface area contributed by atoms with Gasteiger partial charge in [-0.2, -0.15) is 0 Å². The molecule has 0 spiro atoms. The summed E-state index contributed by atoms with van der Waals surface area (Å²) >= 11 is 11.7. The van der Waals surface area contributed by atoms with Crippen LogP contribution in [0, 0.1) is 6.92 Å². The maximum atomic E-state index is 12.0. The first-order valence-corrected chi connectivity index (χ1v) is 8.25. The van der Waals surface area contributed by atoms with E-state index in [1.807, 2.05) is 6.92 Å². The van der Waals surface area contributed by atoms with Gasteiger partial charge in [0.2, 0.25) is 0 Å². The van der Waals surface area contributed by atoms with Crippen LogP contribution in [0.1, 0.15) is 12.5 Å². The number of hydrogen-bond donors (Lipinski definition) is 1. The summed E-state index contributed by atoms with van der Waals surface area (Å²) in [6.45, 7) is 2.98. The minimum absolute atomic E-state index is 0.308. The first-order valence-electron chi connectivity index (χ1n) is 7.50. The Bertz CT molecular complexity index is 779. The lowest BCUT2D eigenvalue weighted by molar-refractivity contribution is -0.155. The quantitative estimate of drug-likeness (QED) is 0.759. The van der Waals surface area contributed by atoms with Crippen LogP contribution in [0.3, 0.4) is 0 Å². The Labute approximate surface area is 155 Å². The zero-order chi connectivity index (χ0) is 18.4. The van der Waals surface area contributed by atoms with Crippen LogP contribution in [0.25, 0.3) is 0 Å². The fourth-order valence-corrected chi connectivity index (χ4v) is 2.42. The molecule has 0 fully saturated rings. The summed E-state index contributed by atoms with van der Waals surface area (Å²) in [5, 5.41) is 3.70. The Balaban J connectivity index is 1.83. The van der Waals surface area contributed by atoms with E-state index in [0.717, 1.165) is 5.56 Å². The number of ether oxygens (including phenoxy) is 2. The molecule has 2 rings (SSSR count). The van der Waals surface area contributed by atoms with Crippen molar-refractivity contribution in [3.05, 3.63) is 58.1 Å². The maximum absolute atomic E-state index is 12.0. The van der Waals surface area contributed by atoms with E-state index in [1.54, 1.807) is 42.5 Å². The molecule has 1 amide bonds. The predicted molar refractivity (Wildman–Crippen MR) is 97.3 cm³/mol. The number of hydrogen-bond acceptors (Lipinski definition) is 4. The van der Waals surface area contributed by atoms with Gasteiger partial charge in [-0.1, -0.05) is 29.3 Å². The topological polar surface area (TPSA) is 64.6 Å². The normalized spacial score (nSPS) is 11.5. The summed E-state index contributed by atoms with van der Waals surface area (Å²) in [4.78, 5) is 23.9. The smallest absolute Gasteiger partial charge is 0.344 e. The third-order valence-corrected chi connectivity index (χ3v) is 3.72. The number of carbonyl (C=O) groups excluding carboxylic acids is 2. The van der Waals surface area contributed by atoms with Gasteiger partial charge in [-0.3, -0.25) is 4.79 Å². The molecular weight excluding hydrogens is 365 g/mol. The number of anilines is 1. The summed E-state index contributed by atoms with van der Waals surface area (Å²) in [5.74, 6) is -0.584. The fourth-order valence-electron chi connectivity index (χ4n) is 2.01. The van der Waals surface area contributed by atoms with Crippen molar-refractivity contribution >= 4 is 40.8 Å². The molecule has 7 heteroatoms. The third kappa shape index (κ3) is 5.96. The molecule has 0 radical (unpaired) electrons. The Morgan fingerprint density at radius 1 is 1.12 bits per heavy atom. The lowest BCUT2D eigenvalue weighted by Gasteiger charge is -2.14. The maximum Gasteiger partial charge on any atom is 0.344 e. The van der Waals surface area contributed by atoms with Crippen LogP contribution in [0.2, 0.25) is 10.0 Å². The number of rotatable bonds is 6. The van der Waals surface area contributed by atoms with Crippen LogP contribution >= 0.6 is 23.2 Å². The highest BCUT2D eigenvalue weighted by Gasteiger charge is 2.18. The first-order chi connectivity index (χ1) is 11.8. The number of esters is 1. The van der Waals surface area contributed by atoms with Gasteiger partial charge in [0.15, 0.2) is 12.7 Å². The molecular formula is C18H17Cl2NO4. The second kappa shape index (κ2) is 8.74. The number of aryl methyl sites for hydroxylation is 1. The number of halogens is 2. The molecule has 0 aliphatic carbocycles. The average Bonchev–Trinajstić information content (AvgIpc) is 2.54. The Morgan fingerprint density at radius 2 is 1.84 bits per heavy atom. The van der Waals surface area contributed by atoms with Crippen molar-refractivity contribution < 1.29 is 19.1 Å². The van der Waals surface area contributed by atoms with Gasteiger partial charge >= 0.3 is 5.97 Å². The van der Waals surface area contributed by atoms with Crippen LogP contribution in [-0.2, 0) is 14.3 Å². The summed E-state index contributed by atoms with van der Waals surface area (Å²) < 4.78 is 10.5. The van der Waals surface area contributed by atoms with Crippen LogP contribution < -0.4 is 10.1 Å². The van der Waals surface area contributed by atoms with Crippen molar-refractivity contribution in [3.63, 3.8) is 0 Å². The Hall–Kier alpha value is -2.24. The van der Waals surface area contributed by atoms with E-state index in [2.05, 4.69) is 5.32 Å². The lowest BCUT2D eigenvalue weighted by Crippen LogP contribution is -2.31. The molecule has 1 N–H and O–H groups in total. The standard InChI is InChI=1S/C18H17Cl2NO4/c1-11-8-14(20)6-7-16(11)24-10-17(22)25-12(2)18(23)21-15-5-3-4-13(19)9-15/h3-9,12H,10H2,1-2H3,(H,21,23)/t12-/m1/s1. The lowest BCUT2D eigenvalue weighted by atomic mass is 10.2. The van der Waals surface area contributed by atoms with Gasteiger partial charge in [-0.05, 0) is 55.8 Å². The molecule has 0 aliphatic rings. The number of nitrogens with one attached hydrogen (secondary N) is 1. The zero-order valence-electron chi connectivity index (χ0n) is 13.7. The van der Waals surface area contributed by atoms with Crippen molar-refractivity contribution in [3.8, 4) is 5.75 Å². The van der Waals surface area contributed by atoms with Gasteiger partial charge in [0.25, 0.3) is 5.91 Å². The predicted octanol–water partition coefficient (Wildman–Crippen LogP) is 4.25. The highest BCUT2D eigenvalue weighted by atomic mass is 35.5. The van der Waals surface area contributed by atoms with Crippen LogP contribution in [0.5, 0.6) is 5.75 Å². The number of carbonyl (C=O) groups is 2. The SMILES string of the molecule is Cc1cc(Cl)ccc1OCC(=O)O[C@H](C)C(=O)Nc1cccc(Cl)c1. The molecule has 132 valence electrons. The van der Waals surface area contributed by atoms with Crippen LogP contribution in [0.4, 0.5) is 5.69 Å². The van der Waals surface area contributed by atoms with Crippen molar-refractivity contribution in [1.82, 2.24) is 0 Å². The van der Waals surface area contributed by atoms with Crippen LogP contribution in [0.15, 0.2) is 42.5 Å². The molecule has 0 heterocycles. The van der Waals surface area contributed by atoms with E-state index < -0.39 is 18.0 Å². The molecule has 0 saturated heterocycles. The van der Waals surface area contributed by atoms with Crippen molar-refractivity contribution in [2.75, 3.05) is 11.9 Å². The largest absolute Gasteiger partial charge is 0.482 e. The van der Waals surface area contributed by atoms with Gasteiger partial charge < -0.3 is 14.8 Å². The van der Waals surface area contributed by atoms with E-state index in [9.17, 15) is 9.59 Å².